The topological polar surface area (TPSA) is 73.4 Å². The van der Waals surface area contributed by atoms with E-state index in [9.17, 15) is 4.79 Å². The van der Waals surface area contributed by atoms with E-state index in [1.54, 1.807) is 6.07 Å². The van der Waals surface area contributed by atoms with Gasteiger partial charge >= 0.3 is 0 Å². The standard InChI is InChI=1S/C20H28N6O/c1-3-4-9-21-20(27)18-14-19(23-15-22-18)24-16-5-7-17(8-6-16)26-12-10-25(2)11-13-26/h5-8,14-15H,3-4,9-13H2,1-2H3,(H,21,27)(H,22,23,24). The van der Waals surface area contributed by atoms with Crippen LogP contribution in [0.4, 0.5) is 17.2 Å². The summed E-state index contributed by atoms with van der Waals surface area (Å²) in [4.78, 5) is 25.2. The molecular formula is C20H28N6O. The van der Waals surface area contributed by atoms with Gasteiger partial charge in [-0.25, -0.2) is 9.97 Å². The van der Waals surface area contributed by atoms with E-state index in [0.29, 0.717) is 18.1 Å². The van der Waals surface area contributed by atoms with Gasteiger partial charge in [-0.2, -0.15) is 0 Å². The molecule has 3 rings (SSSR count). The number of nitrogens with one attached hydrogen (secondary N) is 2. The molecule has 0 radical (unpaired) electrons. The van der Waals surface area contributed by atoms with Gasteiger partial charge in [-0.3, -0.25) is 4.79 Å². The fraction of sp³-hybridized carbons (Fsp3) is 0.450. The van der Waals surface area contributed by atoms with E-state index >= 15 is 0 Å². The maximum atomic E-state index is 12.1. The van der Waals surface area contributed by atoms with Crippen molar-refractivity contribution >= 4 is 23.1 Å². The summed E-state index contributed by atoms with van der Waals surface area (Å²) in [7, 11) is 2.16. The van der Waals surface area contributed by atoms with E-state index in [0.717, 1.165) is 44.7 Å². The molecule has 2 aromatic rings. The summed E-state index contributed by atoms with van der Waals surface area (Å²) in [5.41, 5.74) is 2.54. The highest BCUT2D eigenvalue weighted by atomic mass is 16.1. The van der Waals surface area contributed by atoms with E-state index < -0.39 is 0 Å². The van der Waals surface area contributed by atoms with Gasteiger partial charge in [0.25, 0.3) is 5.91 Å². The number of carbonyl (C=O) groups excluding carboxylic acids is 1. The van der Waals surface area contributed by atoms with Crippen LogP contribution in [-0.2, 0) is 0 Å². The molecule has 0 spiro atoms. The summed E-state index contributed by atoms with van der Waals surface area (Å²) in [6.45, 7) is 7.02. The van der Waals surface area contributed by atoms with E-state index in [1.807, 2.05) is 12.1 Å². The lowest BCUT2D eigenvalue weighted by Gasteiger charge is -2.34. The summed E-state index contributed by atoms with van der Waals surface area (Å²) in [5, 5.41) is 6.12. The molecule has 1 fully saturated rings. The third-order valence-electron chi connectivity index (χ3n) is 4.72. The Morgan fingerprint density at radius 3 is 2.56 bits per heavy atom. The molecule has 0 atom stereocenters. The third-order valence-corrected chi connectivity index (χ3v) is 4.72. The third kappa shape index (κ3) is 5.40. The molecule has 2 N–H and O–H groups in total. The first kappa shape index (κ1) is 19.1. The van der Waals surface area contributed by atoms with Crippen molar-refractivity contribution in [2.45, 2.75) is 19.8 Å². The monoisotopic (exact) mass is 368 g/mol. The smallest absolute Gasteiger partial charge is 0.270 e. The van der Waals surface area contributed by atoms with E-state index in [1.165, 1.54) is 12.0 Å². The summed E-state index contributed by atoms with van der Waals surface area (Å²) in [6, 6.07) is 9.99. The minimum Gasteiger partial charge on any atom is -0.369 e. The molecule has 2 heterocycles. The number of aromatic nitrogens is 2. The predicted octanol–water partition coefficient (Wildman–Crippen LogP) is 2.50. The average Bonchev–Trinajstić information content (AvgIpc) is 2.70. The maximum Gasteiger partial charge on any atom is 0.270 e. The molecule has 27 heavy (non-hydrogen) atoms. The van der Waals surface area contributed by atoms with Gasteiger partial charge in [0.15, 0.2) is 0 Å². The Kier molecular flexibility index (Phi) is 6.59. The number of nitrogens with zero attached hydrogens (tertiary/aromatic N) is 4. The van der Waals surface area contributed by atoms with Gasteiger partial charge in [0.2, 0.25) is 0 Å². The molecule has 1 aliphatic rings. The average molecular weight is 368 g/mol. The number of piperazine rings is 1. The molecule has 7 heteroatoms. The van der Waals surface area contributed by atoms with Crippen LogP contribution in [0.1, 0.15) is 30.3 Å². The lowest BCUT2D eigenvalue weighted by atomic mass is 10.2. The molecule has 0 bridgehead atoms. The zero-order chi connectivity index (χ0) is 19.1. The zero-order valence-electron chi connectivity index (χ0n) is 16.1. The van der Waals surface area contributed by atoms with Crippen molar-refractivity contribution in [2.24, 2.45) is 0 Å². The van der Waals surface area contributed by atoms with Crippen molar-refractivity contribution in [1.82, 2.24) is 20.2 Å². The molecule has 1 saturated heterocycles. The molecule has 0 unspecified atom stereocenters. The highest BCUT2D eigenvalue weighted by molar-refractivity contribution is 5.92. The molecule has 1 aliphatic heterocycles. The SMILES string of the molecule is CCCCNC(=O)c1cc(Nc2ccc(N3CCN(C)CC3)cc2)ncn1. The summed E-state index contributed by atoms with van der Waals surface area (Å²) >= 11 is 0. The molecule has 144 valence electrons. The van der Waals surface area contributed by atoms with Crippen molar-refractivity contribution in [3.63, 3.8) is 0 Å². The van der Waals surface area contributed by atoms with Gasteiger partial charge in [0.05, 0.1) is 0 Å². The Hall–Kier alpha value is -2.67. The van der Waals surface area contributed by atoms with Crippen LogP contribution in [0.15, 0.2) is 36.7 Å². The van der Waals surface area contributed by atoms with Gasteiger partial charge in [0, 0.05) is 50.2 Å². The predicted molar refractivity (Wildman–Crippen MR) is 109 cm³/mol. The van der Waals surface area contributed by atoms with E-state index in [2.05, 4.69) is 56.5 Å². The lowest BCUT2D eigenvalue weighted by molar-refractivity contribution is 0.0948. The number of rotatable bonds is 7. The maximum absolute atomic E-state index is 12.1. The number of likely N-dealkylation sites (N-methyl/N-ethyl adjacent to an activating group) is 1. The van der Waals surface area contributed by atoms with Crippen molar-refractivity contribution in [3.8, 4) is 0 Å². The van der Waals surface area contributed by atoms with Gasteiger partial charge in [-0.1, -0.05) is 13.3 Å². The molecular weight excluding hydrogens is 340 g/mol. The first-order valence-corrected chi connectivity index (χ1v) is 9.56. The molecule has 1 aromatic heterocycles. The molecule has 7 nitrogen and oxygen atoms in total. The Morgan fingerprint density at radius 1 is 1.11 bits per heavy atom. The molecule has 1 amide bonds. The van der Waals surface area contributed by atoms with Crippen LogP contribution >= 0.6 is 0 Å². The Balaban J connectivity index is 1.60. The highest BCUT2D eigenvalue weighted by Gasteiger charge is 2.14. The largest absolute Gasteiger partial charge is 0.369 e. The van der Waals surface area contributed by atoms with Gasteiger partial charge < -0.3 is 20.4 Å². The van der Waals surface area contributed by atoms with Crippen LogP contribution in [0.25, 0.3) is 0 Å². The van der Waals surface area contributed by atoms with Gasteiger partial charge in [-0.05, 0) is 37.7 Å². The van der Waals surface area contributed by atoms with Crippen LogP contribution in [-0.4, -0.2) is 60.5 Å². The number of amides is 1. The summed E-state index contributed by atoms with van der Waals surface area (Å²) < 4.78 is 0. The zero-order valence-corrected chi connectivity index (χ0v) is 16.1. The van der Waals surface area contributed by atoms with Crippen molar-refractivity contribution in [3.05, 3.63) is 42.4 Å². The number of hydrogen-bond donors (Lipinski definition) is 2. The second kappa shape index (κ2) is 9.32. The molecule has 0 saturated carbocycles. The quantitative estimate of drug-likeness (QED) is 0.732. The first-order valence-electron chi connectivity index (χ1n) is 9.56. The van der Waals surface area contributed by atoms with Crippen LogP contribution < -0.4 is 15.5 Å². The normalized spacial score (nSPS) is 14.8. The summed E-state index contributed by atoms with van der Waals surface area (Å²) in [6.07, 6.45) is 3.41. The summed E-state index contributed by atoms with van der Waals surface area (Å²) in [5.74, 6) is 0.442. The highest BCUT2D eigenvalue weighted by Crippen LogP contribution is 2.21. The number of benzene rings is 1. The fourth-order valence-corrected chi connectivity index (χ4v) is 2.99. The van der Waals surface area contributed by atoms with E-state index in [-0.39, 0.29) is 5.91 Å². The Morgan fingerprint density at radius 2 is 1.85 bits per heavy atom. The van der Waals surface area contributed by atoms with Gasteiger partial charge in [-0.15, -0.1) is 0 Å². The second-order valence-electron chi connectivity index (χ2n) is 6.86. The Bertz CT molecular complexity index is 740. The second-order valence-corrected chi connectivity index (χ2v) is 6.86. The number of carbonyl (C=O) groups is 1. The van der Waals surface area contributed by atoms with Crippen LogP contribution in [0.2, 0.25) is 0 Å². The van der Waals surface area contributed by atoms with Crippen molar-refractivity contribution in [2.75, 3.05) is 50.0 Å². The van der Waals surface area contributed by atoms with Crippen LogP contribution in [0.3, 0.4) is 0 Å². The first-order chi connectivity index (χ1) is 13.2. The van der Waals surface area contributed by atoms with Crippen LogP contribution in [0, 0.1) is 0 Å². The minimum absolute atomic E-state index is 0.167. The number of anilines is 3. The van der Waals surface area contributed by atoms with Crippen molar-refractivity contribution in [1.29, 1.82) is 0 Å². The molecule has 0 aliphatic carbocycles. The Labute approximate surface area is 160 Å². The lowest BCUT2D eigenvalue weighted by Crippen LogP contribution is -2.44. The number of hydrogen-bond acceptors (Lipinski definition) is 6. The fourth-order valence-electron chi connectivity index (χ4n) is 2.99. The van der Waals surface area contributed by atoms with Gasteiger partial charge in [0.1, 0.15) is 17.8 Å². The minimum atomic E-state index is -0.167. The van der Waals surface area contributed by atoms with Crippen LogP contribution in [0.5, 0.6) is 0 Å². The van der Waals surface area contributed by atoms with Crippen molar-refractivity contribution < 1.29 is 4.79 Å². The number of unbranched alkanes of at least 4 members (excludes halogenated alkanes) is 1. The van der Waals surface area contributed by atoms with E-state index in [4.69, 9.17) is 0 Å². The molecule has 1 aromatic carbocycles.